The van der Waals surface area contributed by atoms with Crippen molar-refractivity contribution in [1.82, 2.24) is 9.80 Å². The van der Waals surface area contributed by atoms with E-state index in [0.717, 1.165) is 10.0 Å². The molecule has 5 nitrogen and oxygen atoms in total. The average Bonchev–Trinajstić information content (AvgIpc) is 2.65. The molecular weight excluding hydrogens is 368 g/mol. The molecule has 0 saturated carbocycles. The summed E-state index contributed by atoms with van der Waals surface area (Å²) in [7, 11) is 5.03. The minimum absolute atomic E-state index is 0.127. The summed E-state index contributed by atoms with van der Waals surface area (Å²) in [6.07, 6.45) is 1.78. The molecule has 1 aliphatic heterocycles. The molecule has 1 aromatic carbocycles. The van der Waals surface area contributed by atoms with Gasteiger partial charge in [-0.15, -0.1) is 0 Å². The number of carbonyl (C=O) groups excluding carboxylic acids is 1. The molecule has 1 fully saturated rings. The molecule has 0 radical (unpaired) electrons. The number of hydrogen-bond acceptors (Lipinski definition) is 4. The van der Waals surface area contributed by atoms with Crippen LogP contribution >= 0.6 is 28.1 Å². The second-order valence-corrected chi connectivity index (χ2v) is 5.92. The number of halogens is 1. The second-order valence-electron chi connectivity index (χ2n) is 4.70. The van der Waals surface area contributed by atoms with Crippen molar-refractivity contribution >= 4 is 45.2 Å². The Morgan fingerprint density at radius 1 is 1.32 bits per heavy atom. The van der Waals surface area contributed by atoms with Gasteiger partial charge in [0, 0.05) is 14.1 Å². The van der Waals surface area contributed by atoms with E-state index in [1.54, 1.807) is 32.2 Å². The van der Waals surface area contributed by atoms with Gasteiger partial charge in [-0.05, 0) is 58.8 Å². The molecule has 0 bridgehead atoms. The summed E-state index contributed by atoms with van der Waals surface area (Å²) in [6, 6.07) is 3.71. The predicted molar refractivity (Wildman–Crippen MR) is 93.0 cm³/mol. The van der Waals surface area contributed by atoms with Gasteiger partial charge in [0.2, 0.25) is 0 Å². The summed E-state index contributed by atoms with van der Waals surface area (Å²) in [5.41, 5.74) is 1.34. The first-order valence-corrected chi connectivity index (χ1v) is 7.88. The van der Waals surface area contributed by atoms with Gasteiger partial charge in [0.05, 0.1) is 18.2 Å². The summed E-state index contributed by atoms with van der Waals surface area (Å²) < 4.78 is 11.7. The van der Waals surface area contributed by atoms with Gasteiger partial charge in [-0.2, -0.15) is 0 Å². The van der Waals surface area contributed by atoms with Crippen LogP contribution in [0.15, 0.2) is 22.3 Å². The van der Waals surface area contributed by atoms with Gasteiger partial charge in [0.25, 0.3) is 5.91 Å². The SMILES string of the molecule is CCOc1cc(/C=C2\C(=O)N(C)C(=S)N2C)cc(Br)c1OC. The fraction of sp³-hybridized carbons (Fsp3) is 0.333. The molecule has 1 aliphatic rings. The standard InChI is InChI=1S/C15H17BrN2O3S/c1-5-21-12-8-9(6-10(16)13(12)20-4)7-11-14(19)18(3)15(22)17(11)2/h6-8H,5H2,1-4H3/b11-7+. The maximum atomic E-state index is 12.2. The highest BCUT2D eigenvalue weighted by atomic mass is 79.9. The molecule has 1 heterocycles. The molecule has 2 rings (SSSR count). The van der Waals surface area contributed by atoms with E-state index in [-0.39, 0.29) is 5.91 Å². The fourth-order valence-corrected chi connectivity index (χ4v) is 2.98. The Kier molecular flexibility index (Phi) is 5.08. The molecular formula is C15H17BrN2O3S. The van der Waals surface area contributed by atoms with E-state index < -0.39 is 0 Å². The van der Waals surface area contributed by atoms with Gasteiger partial charge in [0.15, 0.2) is 16.6 Å². The maximum Gasteiger partial charge on any atom is 0.276 e. The van der Waals surface area contributed by atoms with Gasteiger partial charge >= 0.3 is 0 Å². The van der Waals surface area contributed by atoms with E-state index in [0.29, 0.717) is 28.9 Å². The Labute approximate surface area is 143 Å². The van der Waals surface area contributed by atoms with Crippen molar-refractivity contribution in [3.05, 3.63) is 27.9 Å². The van der Waals surface area contributed by atoms with Crippen molar-refractivity contribution in [1.29, 1.82) is 0 Å². The van der Waals surface area contributed by atoms with Crippen LogP contribution in [0.2, 0.25) is 0 Å². The lowest BCUT2D eigenvalue weighted by molar-refractivity contribution is -0.121. The Morgan fingerprint density at radius 3 is 2.50 bits per heavy atom. The van der Waals surface area contributed by atoms with E-state index in [9.17, 15) is 4.79 Å². The van der Waals surface area contributed by atoms with Gasteiger partial charge in [-0.1, -0.05) is 0 Å². The molecule has 0 atom stereocenters. The zero-order chi connectivity index (χ0) is 16.4. The van der Waals surface area contributed by atoms with Crippen LogP contribution in [0.3, 0.4) is 0 Å². The third-order valence-electron chi connectivity index (χ3n) is 3.30. The molecule has 0 N–H and O–H groups in total. The number of likely N-dealkylation sites (N-methyl/N-ethyl adjacent to an activating group) is 2. The maximum absolute atomic E-state index is 12.2. The minimum atomic E-state index is -0.127. The number of amides is 1. The van der Waals surface area contributed by atoms with E-state index >= 15 is 0 Å². The van der Waals surface area contributed by atoms with Crippen LogP contribution in [-0.2, 0) is 4.79 Å². The first-order chi connectivity index (χ1) is 10.4. The van der Waals surface area contributed by atoms with Gasteiger partial charge in [-0.3, -0.25) is 9.69 Å². The number of benzene rings is 1. The van der Waals surface area contributed by atoms with Crippen molar-refractivity contribution in [2.75, 3.05) is 27.8 Å². The van der Waals surface area contributed by atoms with Crippen LogP contribution in [0.4, 0.5) is 0 Å². The Bertz CT molecular complexity index is 660. The lowest BCUT2D eigenvalue weighted by atomic mass is 10.1. The van der Waals surface area contributed by atoms with Crippen molar-refractivity contribution in [2.24, 2.45) is 0 Å². The molecule has 0 aromatic heterocycles. The first kappa shape index (κ1) is 16.8. The fourth-order valence-electron chi connectivity index (χ4n) is 2.18. The molecule has 0 spiro atoms. The number of rotatable bonds is 4. The zero-order valence-electron chi connectivity index (χ0n) is 12.8. The predicted octanol–water partition coefficient (Wildman–Crippen LogP) is 2.89. The topological polar surface area (TPSA) is 42.0 Å². The molecule has 118 valence electrons. The Balaban J connectivity index is 2.48. The molecule has 22 heavy (non-hydrogen) atoms. The second kappa shape index (κ2) is 6.66. The third kappa shape index (κ3) is 2.96. The lowest BCUT2D eigenvalue weighted by Gasteiger charge is -2.13. The van der Waals surface area contributed by atoms with Crippen molar-refractivity contribution < 1.29 is 14.3 Å². The molecule has 1 saturated heterocycles. The van der Waals surface area contributed by atoms with E-state index in [2.05, 4.69) is 15.9 Å². The zero-order valence-corrected chi connectivity index (χ0v) is 15.2. The Morgan fingerprint density at radius 2 is 2.00 bits per heavy atom. The van der Waals surface area contributed by atoms with Crippen LogP contribution in [0.5, 0.6) is 11.5 Å². The smallest absolute Gasteiger partial charge is 0.276 e. The summed E-state index contributed by atoms with van der Waals surface area (Å²) >= 11 is 8.67. The average molecular weight is 385 g/mol. The van der Waals surface area contributed by atoms with Crippen LogP contribution in [0, 0.1) is 0 Å². The van der Waals surface area contributed by atoms with Crippen LogP contribution in [0.1, 0.15) is 12.5 Å². The van der Waals surface area contributed by atoms with Gasteiger partial charge < -0.3 is 14.4 Å². The monoisotopic (exact) mass is 384 g/mol. The van der Waals surface area contributed by atoms with Crippen molar-refractivity contribution in [2.45, 2.75) is 6.92 Å². The highest BCUT2D eigenvalue weighted by Gasteiger charge is 2.32. The van der Waals surface area contributed by atoms with Gasteiger partial charge in [0.1, 0.15) is 5.70 Å². The summed E-state index contributed by atoms with van der Waals surface area (Å²) in [5.74, 6) is 1.12. The molecule has 1 aromatic rings. The van der Waals surface area contributed by atoms with Crippen molar-refractivity contribution in [3.63, 3.8) is 0 Å². The summed E-state index contributed by atoms with van der Waals surface area (Å²) in [4.78, 5) is 15.3. The number of hydrogen-bond donors (Lipinski definition) is 0. The number of nitrogens with zero attached hydrogens (tertiary/aromatic N) is 2. The third-order valence-corrected chi connectivity index (χ3v) is 4.43. The first-order valence-electron chi connectivity index (χ1n) is 6.68. The van der Waals surface area contributed by atoms with Crippen LogP contribution in [0.25, 0.3) is 6.08 Å². The van der Waals surface area contributed by atoms with E-state index in [1.165, 1.54) is 4.90 Å². The molecule has 1 amide bonds. The van der Waals surface area contributed by atoms with Crippen LogP contribution < -0.4 is 9.47 Å². The largest absolute Gasteiger partial charge is 0.492 e. The van der Waals surface area contributed by atoms with Crippen molar-refractivity contribution in [3.8, 4) is 11.5 Å². The Hall–Kier alpha value is -1.60. The van der Waals surface area contributed by atoms with E-state index in [4.69, 9.17) is 21.7 Å². The molecule has 0 aliphatic carbocycles. The normalized spacial score (nSPS) is 16.7. The summed E-state index contributed by atoms with van der Waals surface area (Å²) in [5, 5.41) is 0.480. The number of carbonyl (C=O) groups is 1. The lowest BCUT2D eigenvalue weighted by Crippen LogP contribution is -2.26. The number of methoxy groups -OCH3 is 1. The van der Waals surface area contributed by atoms with E-state index in [1.807, 2.05) is 19.1 Å². The number of thiocarbonyl (C=S) groups is 1. The quantitative estimate of drug-likeness (QED) is 0.589. The van der Waals surface area contributed by atoms with Gasteiger partial charge in [-0.25, -0.2) is 0 Å². The van der Waals surface area contributed by atoms with Crippen LogP contribution in [-0.4, -0.2) is 48.6 Å². The summed E-state index contributed by atoms with van der Waals surface area (Å²) in [6.45, 7) is 2.43. The highest BCUT2D eigenvalue weighted by Crippen LogP contribution is 2.37. The molecule has 0 unspecified atom stereocenters. The molecule has 7 heteroatoms. The highest BCUT2D eigenvalue weighted by molar-refractivity contribution is 9.10. The minimum Gasteiger partial charge on any atom is -0.492 e. The number of ether oxygens (including phenoxy) is 2.